The van der Waals surface area contributed by atoms with Gasteiger partial charge >= 0.3 is 0 Å². The van der Waals surface area contributed by atoms with Gasteiger partial charge in [0.15, 0.2) is 0 Å². The molecule has 0 atom stereocenters. The third kappa shape index (κ3) is 5.30. The average molecular weight is 328 g/mol. The van der Waals surface area contributed by atoms with Gasteiger partial charge in [-0.1, -0.05) is 39.8 Å². The molecule has 0 aliphatic rings. The molecular formula is C20H28N2O2. The van der Waals surface area contributed by atoms with Crippen molar-refractivity contribution in [2.75, 3.05) is 11.5 Å². The lowest BCUT2D eigenvalue weighted by molar-refractivity contribution is -0.134. The number of nitrogen functional groups attached to an aromatic ring is 2. The average Bonchev–Trinajstić information content (AvgIpc) is 2.47. The van der Waals surface area contributed by atoms with Crippen molar-refractivity contribution in [2.24, 2.45) is 0 Å². The van der Waals surface area contributed by atoms with E-state index in [9.17, 15) is 0 Å². The summed E-state index contributed by atoms with van der Waals surface area (Å²) in [7, 11) is 0. The van der Waals surface area contributed by atoms with Gasteiger partial charge in [-0.2, -0.15) is 0 Å². The highest BCUT2D eigenvalue weighted by atomic mass is 16.4. The second kappa shape index (κ2) is 8.39. The molecule has 4 nitrogen and oxygen atoms in total. The van der Waals surface area contributed by atoms with Crippen LogP contribution in [0.25, 0.3) is 11.1 Å². The van der Waals surface area contributed by atoms with Crippen molar-refractivity contribution in [3.8, 4) is 11.1 Å². The highest BCUT2D eigenvalue weighted by Crippen LogP contribution is 2.35. The summed E-state index contributed by atoms with van der Waals surface area (Å²) in [6, 6.07) is 12.5. The molecule has 0 aliphatic heterocycles. The maximum Gasteiger partial charge on any atom is 0.300 e. The SMILES string of the molecule is CC(=O)O.CC(C)c1ccc(N)c(-c2cc(C(C)C)ccc2N)c1. The molecule has 0 unspecified atom stereocenters. The highest BCUT2D eigenvalue weighted by molar-refractivity contribution is 5.85. The molecule has 2 aromatic carbocycles. The number of carboxylic acid groups (broad SMARTS) is 1. The van der Waals surface area contributed by atoms with E-state index in [0.717, 1.165) is 29.4 Å². The van der Waals surface area contributed by atoms with Crippen LogP contribution in [0.5, 0.6) is 0 Å². The van der Waals surface area contributed by atoms with Crippen LogP contribution in [0.4, 0.5) is 11.4 Å². The number of rotatable bonds is 3. The van der Waals surface area contributed by atoms with E-state index in [0.29, 0.717) is 11.8 Å². The lowest BCUT2D eigenvalue weighted by Crippen LogP contribution is -1.99. The Balaban J connectivity index is 0.000000648. The summed E-state index contributed by atoms with van der Waals surface area (Å²) in [6.45, 7) is 9.82. The summed E-state index contributed by atoms with van der Waals surface area (Å²) in [5.74, 6) is 0.118. The topological polar surface area (TPSA) is 89.3 Å². The van der Waals surface area contributed by atoms with Crippen LogP contribution in [-0.4, -0.2) is 11.1 Å². The number of benzene rings is 2. The molecule has 0 saturated heterocycles. The molecule has 0 bridgehead atoms. The minimum atomic E-state index is -0.833. The van der Waals surface area contributed by atoms with E-state index in [-0.39, 0.29) is 0 Å². The molecule has 0 saturated carbocycles. The summed E-state index contributed by atoms with van der Waals surface area (Å²) in [5.41, 5.74) is 18.5. The first-order valence-electron chi connectivity index (χ1n) is 8.12. The van der Waals surface area contributed by atoms with Crippen LogP contribution >= 0.6 is 0 Å². The number of hydrogen-bond acceptors (Lipinski definition) is 3. The molecule has 2 rings (SSSR count). The van der Waals surface area contributed by atoms with E-state index in [1.54, 1.807) is 0 Å². The molecule has 5 N–H and O–H groups in total. The monoisotopic (exact) mass is 328 g/mol. The molecule has 0 aromatic heterocycles. The Hall–Kier alpha value is -2.49. The Labute approximate surface area is 144 Å². The summed E-state index contributed by atoms with van der Waals surface area (Å²) in [5, 5.41) is 7.42. The molecule has 0 heterocycles. The molecule has 130 valence electrons. The Morgan fingerprint density at radius 3 is 1.38 bits per heavy atom. The minimum absolute atomic E-state index is 0.476. The second-order valence-electron chi connectivity index (χ2n) is 6.52. The predicted molar refractivity (Wildman–Crippen MR) is 102 cm³/mol. The summed E-state index contributed by atoms with van der Waals surface area (Å²) >= 11 is 0. The number of anilines is 2. The zero-order valence-electron chi connectivity index (χ0n) is 15.1. The van der Waals surface area contributed by atoms with E-state index in [1.807, 2.05) is 12.1 Å². The maximum absolute atomic E-state index is 9.00. The molecule has 0 aliphatic carbocycles. The third-order valence-corrected chi connectivity index (χ3v) is 3.78. The van der Waals surface area contributed by atoms with Crippen LogP contribution in [0.1, 0.15) is 57.6 Å². The predicted octanol–water partition coefficient (Wildman–Crippen LogP) is 4.86. The summed E-state index contributed by atoms with van der Waals surface area (Å²) in [4.78, 5) is 9.00. The third-order valence-electron chi connectivity index (χ3n) is 3.78. The van der Waals surface area contributed by atoms with Crippen molar-refractivity contribution in [2.45, 2.75) is 46.5 Å². The van der Waals surface area contributed by atoms with Crippen molar-refractivity contribution in [1.29, 1.82) is 0 Å². The van der Waals surface area contributed by atoms with Crippen molar-refractivity contribution < 1.29 is 9.90 Å². The lowest BCUT2D eigenvalue weighted by Gasteiger charge is -2.15. The zero-order valence-corrected chi connectivity index (χ0v) is 15.1. The molecule has 0 fully saturated rings. The fraction of sp³-hybridized carbons (Fsp3) is 0.350. The Bertz CT molecular complexity index is 647. The lowest BCUT2D eigenvalue weighted by atomic mass is 9.92. The van der Waals surface area contributed by atoms with Crippen molar-refractivity contribution in [3.63, 3.8) is 0 Å². The van der Waals surface area contributed by atoms with E-state index >= 15 is 0 Å². The van der Waals surface area contributed by atoms with Gasteiger partial charge in [0.25, 0.3) is 5.97 Å². The fourth-order valence-electron chi connectivity index (χ4n) is 2.33. The van der Waals surface area contributed by atoms with Crippen LogP contribution < -0.4 is 11.5 Å². The first-order valence-corrected chi connectivity index (χ1v) is 8.12. The summed E-state index contributed by atoms with van der Waals surface area (Å²) in [6.07, 6.45) is 0. The number of aliphatic carboxylic acids is 1. The summed E-state index contributed by atoms with van der Waals surface area (Å²) < 4.78 is 0. The van der Waals surface area contributed by atoms with Crippen LogP contribution in [0, 0.1) is 0 Å². The molecular weight excluding hydrogens is 300 g/mol. The van der Waals surface area contributed by atoms with Gasteiger partial charge in [0.2, 0.25) is 0 Å². The first kappa shape index (κ1) is 19.6. The van der Waals surface area contributed by atoms with Crippen LogP contribution in [0.15, 0.2) is 36.4 Å². The van der Waals surface area contributed by atoms with Crippen LogP contribution in [0.3, 0.4) is 0 Å². The smallest absolute Gasteiger partial charge is 0.300 e. The second-order valence-corrected chi connectivity index (χ2v) is 6.52. The number of carbonyl (C=O) groups is 1. The Kier molecular flexibility index (Phi) is 6.83. The first-order chi connectivity index (χ1) is 11.1. The molecule has 0 spiro atoms. The quantitative estimate of drug-likeness (QED) is 0.702. The Morgan fingerprint density at radius 1 is 0.833 bits per heavy atom. The fourth-order valence-corrected chi connectivity index (χ4v) is 2.33. The van der Waals surface area contributed by atoms with Crippen molar-refractivity contribution in [1.82, 2.24) is 0 Å². The molecule has 2 aromatic rings. The number of carboxylic acids is 1. The van der Waals surface area contributed by atoms with Gasteiger partial charge in [0.05, 0.1) is 0 Å². The number of nitrogens with two attached hydrogens (primary N) is 2. The van der Waals surface area contributed by atoms with Gasteiger partial charge in [-0.3, -0.25) is 4.79 Å². The Morgan fingerprint density at radius 2 is 1.12 bits per heavy atom. The maximum atomic E-state index is 9.00. The number of hydrogen-bond donors (Lipinski definition) is 3. The van der Waals surface area contributed by atoms with Crippen LogP contribution in [0.2, 0.25) is 0 Å². The van der Waals surface area contributed by atoms with Crippen molar-refractivity contribution in [3.05, 3.63) is 47.5 Å². The normalized spacial score (nSPS) is 10.5. The molecule has 0 radical (unpaired) electrons. The largest absolute Gasteiger partial charge is 0.481 e. The zero-order chi connectivity index (χ0) is 18.4. The van der Waals surface area contributed by atoms with Gasteiger partial charge in [-0.15, -0.1) is 0 Å². The van der Waals surface area contributed by atoms with Gasteiger partial charge in [0.1, 0.15) is 0 Å². The van der Waals surface area contributed by atoms with E-state index in [1.165, 1.54) is 11.1 Å². The van der Waals surface area contributed by atoms with E-state index in [2.05, 4.69) is 52.0 Å². The van der Waals surface area contributed by atoms with Gasteiger partial charge in [0, 0.05) is 29.4 Å². The molecule has 24 heavy (non-hydrogen) atoms. The van der Waals surface area contributed by atoms with Gasteiger partial charge in [-0.25, -0.2) is 0 Å². The molecule has 0 amide bonds. The van der Waals surface area contributed by atoms with E-state index in [4.69, 9.17) is 21.4 Å². The highest BCUT2D eigenvalue weighted by Gasteiger charge is 2.11. The van der Waals surface area contributed by atoms with E-state index < -0.39 is 5.97 Å². The molecule has 4 heteroatoms. The minimum Gasteiger partial charge on any atom is -0.481 e. The standard InChI is InChI=1S/C18H24N2.C2H4O2/c1-11(2)13-5-7-17(19)15(9-13)16-10-14(12(3)4)6-8-18(16)20;1-2(3)4/h5-12H,19-20H2,1-4H3;1H3,(H,3,4). The van der Waals surface area contributed by atoms with Crippen LogP contribution in [-0.2, 0) is 4.79 Å². The van der Waals surface area contributed by atoms with Gasteiger partial charge < -0.3 is 16.6 Å². The van der Waals surface area contributed by atoms with Gasteiger partial charge in [-0.05, 0) is 47.2 Å². The van der Waals surface area contributed by atoms with Crippen molar-refractivity contribution >= 4 is 17.3 Å².